The van der Waals surface area contributed by atoms with E-state index in [1.165, 1.54) is 19.3 Å². The first kappa shape index (κ1) is 12.9. The molecule has 1 aliphatic rings. The molecule has 98 valence electrons. The summed E-state index contributed by atoms with van der Waals surface area (Å²) in [4.78, 5) is 13.3. The first-order valence-corrected chi connectivity index (χ1v) is 6.64. The van der Waals surface area contributed by atoms with Crippen LogP contribution in [-0.4, -0.2) is 30.9 Å². The molecule has 1 aromatic carbocycles. The smallest absolute Gasteiger partial charge is 0.253 e. The highest BCUT2D eigenvalue weighted by Gasteiger charge is 2.23. The van der Waals surface area contributed by atoms with E-state index in [1.54, 1.807) is 19.0 Å². The Bertz CT molecular complexity index is 407. The van der Waals surface area contributed by atoms with Crippen LogP contribution in [-0.2, 0) is 0 Å². The number of amides is 1. The summed E-state index contributed by atoms with van der Waals surface area (Å²) in [6.07, 6.45) is 4.03. The topological polar surface area (TPSA) is 32.3 Å². The minimum Gasteiger partial charge on any atom is -0.383 e. The van der Waals surface area contributed by atoms with Crippen LogP contribution >= 0.6 is 0 Å². The molecule has 2 rings (SSSR count). The second-order valence-electron chi connectivity index (χ2n) is 5.50. The highest BCUT2D eigenvalue weighted by molar-refractivity contribution is 5.94. The summed E-state index contributed by atoms with van der Waals surface area (Å²) in [6.45, 7) is 2.22. The molecule has 3 heteroatoms. The standard InChI is InChI=1S/C15H22N2O/c1-11(10-12-4-5-12)16-14-8-6-13(7-9-14)15(18)17(2)3/h6-9,11-12,16H,4-5,10H2,1-3H3. The summed E-state index contributed by atoms with van der Waals surface area (Å²) in [5.41, 5.74) is 1.83. The van der Waals surface area contributed by atoms with Crippen molar-refractivity contribution in [1.29, 1.82) is 0 Å². The monoisotopic (exact) mass is 246 g/mol. The van der Waals surface area contributed by atoms with Gasteiger partial charge in [-0.25, -0.2) is 0 Å². The van der Waals surface area contributed by atoms with E-state index in [0.717, 1.165) is 17.2 Å². The minimum atomic E-state index is 0.0487. The van der Waals surface area contributed by atoms with Crippen molar-refractivity contribution in [3.8, 4) is 0 Å². The SMILES string of the molecule is CC(CC1CC1)Nc1ccc(C(=O)N(C)C)cc1. The van der Waals surface area contributed by atoms with Crippen LogP contribution in [0.2, 0.25) is 0 Å². The van der Waals surface area contributed by atoms with Crippen molar-refractivity contribution in [2.24, 2.45) is 5.92 Å². The first-order chi connectivity index (χ1) is 8.56. The summed E-state index contributed by atoms with van der Waals surface area (Å²) in [7, 11) is 3.54. The highest BCUT2D eigenvalue weighted by atomic mass is 16.2. The molecular formula is C15H22N2O. The lowest BCUT2D eigenvalue weighted by Gasteiger charge is -2.15. The maximum absolute atomic E-state index is 11.7. The van der Waals surface area contributed by atoms with Gasteiger partial charge >= 0.3 is 0 Å². The maximum atomic E-state index is 11.7. The lowest BCUT2D eigenvalue weighted by molar-refractivity contribution is 0.0827. The molecule has 1 fully saturated rings. The van der Waals surface area contributed by atoms with Crippen molar-refractivity contribution >= 4 is 11.6 Å². The molecule has 0 aromatic heterocycles. The zero-order valence-corrected chi connectivity index (χ0v) is 11.4. The summed E-state index contributed by atoms with van der Waals surface area (Å²) in [6, 6.07) is 8.25. The van der Waals surface area contributed by atoms with Gasteiger partial charge in [0, 0.05) is 31.4 Å². The average molecular weight is 246 g/mol. The number of nitrogens with zero attached hydrogens (tertiary/aromatic N) is 1. The number of benzene rings is 1. The Morgan fingerprint density at radius 2 is 1.94 bits per heavy atom. The van der Waals surface area contributed by atoms with Crippen LogP contribution in [0, 0.1) is 5.92 Å². The van der Waals surface area contributed by atoms with Gasteiger partial charge in [-0.05, 0) is 43.5 Å². The third-order valence-corrected chi connectivity index (χ3v) is 3.33. The molecule has 1 atom stereocenters. The molecule has 1 aliphatic carbocycles. The van der Waals surface area contributed by atoms with E-state index in [9.17, 15) is 4.79 Å². The Morgan fingerprint density at radius 3 is 2.44 bits per heavy atom. The van der Waals surface area contributed by atoms with Gasteiger partial charge in [-0.3, -0.25) is 4.79 Å². The van der Waals surface area contributed by atoms with E-state index in [0.29, 0.717) is 6.04 Å². The molecule has 0 bridgehead atoms. The van der Waals surface area contributed by atoms with Crippen molar-refractivity contribution in [1.82, 2.24) is 4.90 Å². The average Bonchev–Trinajstić information content (AvgIpc) is 3.12. The van der Waals surface area contributed by atoms with Gasteiger partial charge in [-0.15, -0.1) is 0 Å². The predicted molar refractivity (Wildman–Crippen MR) is 74.9 cm³/mol. The second-order valence-corrected chi connectivity index (χ2v) is 5.50. The van der Waals surface area contributed by atoms with Crippen molar-refractivity contribution in [3.05, 3.63) is 29.8 Å². The van der Waals surface area contributed by atoms with Crippen molar-refractivity contribution < 1.29 is 4.79 Å². The van der Waals surface area contributed by atoms with Gasteiger partial charge in [-0.1, -0.05) is 12.8 Å². The Balaban J connectivity index is 1.92. The zero-order chi connectivity index (χ0) is 13.1. The molecule has 18 heavy (non-hydrogen) atoms. The summed E-state index contributed by atoms with van der Waals surface area (Å²) >= 11 is 0. The van der Waals surface area contributed by atoms with Crippen molar-refractivity contribution in [2.45, 2.75) is 32.2 Å². The molecule has 1 saturated carbocycles. The number of carbonyl (C=O) groups excluding carboxylic acids is 1. The van der Waals surface area contributed by atoms with Crippen LogP contribution in [0.25, 0.3) is 0 Å². The van der Waals surface area contributed by atoms with Crippen LogP contribution in [0.3, 0.4) is 0 Å². The quantitative estimate of drug-likeness (QED) is 0.866. The molecular weight excluding hydrogens is 224 g/mol. The Morgan fingerprint density at radius 1 is 1.33 bits per heavy atom. The lowest BCUT2D eigenvalue weighted by Crippen LogP contribution is -2.21. The molecule has 1 unspecified atom stereocenters. The molecule has 1 aromatic rings. The number of rotatable bonds is 5. The van der Waals surface area contributed by atoms with Crippen LogP contribution in [0.1, 0.15) is 36.5 Å². The van der Waals surface area contributed by atoms with E-state index in [1.807, 2.05) is 24.3 Å². The van der Waals surface area contributed by atoms with Gasteiger partial charge in [0.25, 0.3) is 5.91 Å². The lowest BCUT2D eigenvalue weighted by atomic mass is 10.1. The number of carbonyl (C=O) groups is 1. The highest BCUT2D eigenvalue weighted by Crippen LogP contribution is 2.34. The van der Waals surface area contributed by atoms with Gasteiger partial charge in [0.05, 0.1) is 0 Å². The van der Waals surface area contributed by atoms with E-state index >= 15 is 0 Å². The molecule has 0 saturated heterocycles. The molecule has 1 amide bonds. The molecule has 1 N–H and O–H groups in total. The first-order valence-electron chi connectivity index (χ1n) is 6.64. The zero-order valence-electron chi connectivity index (χ0n) is 11.4. The van der Waals surface area contributed by atoms with Crippen LogP contribution < -0.4 is 5.32 Å². The van der Waals surface area contributed by atoms with Crippen LogP contribution in [0.4, 0.5) is 5.69 Å². The fourth-order valence-electron chi connectivity index (χ4n) is 2.16. The number of anilines is 1. The van der Waals surface area contributed by atoms with E-state index in [2.05, 4.69) is 12.2 Å². The third kappa shape index (κ3) is 3.49. The van der Waals surface area contributed by atoms with Crippen molar-refractivity contribution in [2.75, 3.05) is 19.4 Å². The number of hydrogen-bond acceptors (Lipinski definition) is 2. The fourth-order valence-corrected chi connectivity index (χ4v) is 2.16. The Hall–Kier alpha value is -1.51. The summed E-state index contributed by atoms with van der Waals surface area (Å²) in [5, 5.41) is 3.48. The van der Waals surface area contributed by atoms with Gasteiger partial charge < -0.3 is 10.2 Å². The third-order valence-electron chi connectivity index (χ3n) is 3.33. The predicted octanol–water partition coefficient (Wildman–Crippen LogP) is 2.99. The Kier molecular flexibility index (Phi) is 3.90. The molecule has 0 heterocycles. The molecule has 0 spiro atoms. The second kappa shape index (κ2) is 5.42. The van der Waals surface area contributed by atoms with E-state index in [4.69, 9.17) is 0 Å². The molecule has 3 nitrogen and oxygen atoms in total. The minimum absolute atomic E-state index is 0.0487. The summed E-state index contributed by atoms with van der Waals surface area (Å²) in [5.74, 6) is 0.981. The van der Waals surface area contributed by atoms with Gasteiger partial charge in [0.15, 0.2) is 0 Å². The van der Waals surface area contributed by atoms with Gasteiger partial charge in [-0.2, -0.15) is 0 Å². The number of hydrogen-bond donors (Lipinski definition) is 1. The summed E-state index contributed by atoms with van der Waals surface area (Å²) < 4.78 is 0. The number of nitrogens with one attached hydrogen (secondary N) is 1. The fraction of sp³-hybridized carbons (Fsp3) is 0.533. The van der Waals surface area contributed by atoms with Gasteiger partial charge in [0.1, 0.15) is 0 Å². The molecule has 0 radical (unpaired) electrons. The normalized spacial score (nSPS) is 16.2. The Labute approximate surface area is 109 Å². The van der Waals surface area contributed by atoms with Crippen LogP contribution in [0.5, 0.6) is 0 Å². The van der Waals surface area contributed by atoms with Crippen LogP contribution in [0.15, 0.2) is 24.3 Å². The largest absolute Gasteiger partial charge is 0.383 e. The van der Waals surface area contributed by atoms with Gasteiger partial charge in [0.2, 0.25) is 0 Å². The van der Waals surface area contributed by atoms with E-state index < -0.39 is 0 Å². The molecule has 0 aliphatic heterocycles. The maximum Gasteiger partial charge on any atom is 0.253 e. The van der Waals surface area contributed by atoms with Crippen molar-refractivity contribution in [3.63, 3.8) is 0 Å². The van der Waals surface area contributed by atoms with E-state index in [-0.39, 0.29) is 5.91 Å².